The topological polar surface area (TPSA) is 94.1 Å². The molecule has 0 aliphatic carbocycles. The first kappa shape index (κ1) is 12.2. The van der Waals surface area contributed by atoms with Gasteiger partial charge < -0.3 is 11.1 Å². The second-order valence-electron chi connectivity index (χ2n) is 4.25. The molecule has 1 rings (SSSR count). The highest BCUT2D eigenvalue weighted by Crippen LogP contribution is 2.22. The Kier molecular flexibility index (Phi) is 3.31. The maximum Gasteiger partial charge on any atom is 0.276 e. The van der Waals surface area contributed by atoms with E-state index in [0.29, 0.717) is 5.82 Å². The number of pyridine rings is 1. The Hall–Kier alpha value is -1.85. The Morgan fingerprint density at radius 1 is 1.56 bits per heavy atom. The van der Waals surface area contributed by atoms with Crippen molar-refractivity contribution in [2.75, 3.05) is 11.1 Å². The molecule has 0 aromatic carbocycles. The third-order valence-corrected chi connectivity index (χ3v) is 2.39. The second kappa shape index (κ2) is 4.34. The molecule has 6 nitrogen and oxygen atoms in total. The van der Waals surface area contributed by atoms with Crippen molar-refractivity contribution >= 4 is 17.3 Å². The summed E-state index contributed by atoms with van der Waals surface area (Å²) >= 11 is 0. The molecule has 0 spiro atoms. The molecule has 0 atom stereocenters. The van der Waals surface area contributed by atoms with Gasteiger partial charge in [-0.25, -0.2) is 4.98 Å². The van der Waals surface area contributed by atoms with Crippen LogP contribution in [0.5, 0.6) is 0 Å². The number of nitrogens with two attached hydrogens (primary N) is 1. The highest BCUT2D eigenvalue weighted by Gasteiger charge is 2.17. The molecule has 0 amide bonds. The van der Waals surface area contributed by atoms with E-state index in [0.717, 1.165) is 6.42 Å². The van der Waals surface area contributed by atoms with Crippen LogP contribution in [0.25, 0.3) is 0 Å². The fourth-order valence-electron chi connectivity index (χ4n) is 1.14. The van der Waals surface area contributed by atoms with E-state index in [-0.39, 0.29) is 17.0 Å². The van der Waals surface area contributed by atoms with Gasteiger partial charge in [-0.2, -0.15) is 0 Å². The fraction of sp³-hybridized carbons (Fsp3) is 0.500. The van der Waals surface area contributed by atoms with Crippen LogP contribution in [0.15, 0.2) is 12.1 Å². The van der Waals surface area contributed by atoms with Gasteiger partial charge in [-0.05, 0) is 20.3 Å². The lowest BCUT2D eigenvalue weighted by Crippen LogP contribution is -2.30. The highest BCUT2D eigenvalue weighted by atomic mass is 16.6. The predicted molar refractivity (Wildman–Crippen MR) is 63.3 cm³/mol. The third-order valence-electron chi connectivity index (χ3n) is 2.39. The van der Waals surface area contributed by atoms with Crippen molar-refractivity contribution in [3.63, 3.8) is 0 Å². The smallest absolute Gasteiger partial charge is 0.276 e. The Balaban J connectivity index is 3.01. The van der Waals surface area contributed by atoms with Gasteiger partial charge >= 0.3 is 0 Å². The quantitative estimate of drug-likeness (QED) is 0.603. The molecule has 0 saturated heterocycles. The van der Waals surface area contributed by atoms with Crippen LogP contribution in [0.3, 0.4) is 0 Å². The summed E-state index contributed by atoms with van der Waals surface area (Å²) in [6.45, 7) is 6.00. The van der Waals surface area contributed by atoms with Gasteiger partial charge in [0.1, 0.15) is 11.6 Å². The fourth-order valence-corrected chi connectivity index (χ4v) is 1.14. The van der Waals surface area contributed by atoms with Crippen LogP contribution in [-0.2, 0) is 0 Å². The summed E-state index contributed by atoms with van der Waals surface area (Å²) < 4.78 is 0. The Morgan fingerprint density at radius 2 is 2.19 bits per heavy atom. The van der Waals surface area contributed by atoms with E-state index in [1.165, 1.54) is 12.1 Å². The molecule has 0 radical (unpaired) electrons. The Bertz CT molecular complexity index is 404. The van der Waals surface area contributed by atoms with E-state index in [4.69, 9.17) is 5.73 Å². The zero-order valence-electron chi connectivity index (χ0n) is 9.65. The summed E-state index contributed by atoms with van der Waals surface area (Å²) in [5.74, 6) is 0.571. The zero-order valence-corrected chi connectivity index (χ0v) is 9.65. The van der Waals surface area contributed by atoms with Crippen molar-refractivity contribution in [3.8, 4) is 0 Å². The van der Waals surface area contributed by atoms with Gasteiger partial charge in [-0.3, -0.25) is 10.1 Å². The summed E-state index contributed by atoms with van der Waals surface area (Å²) in [7, 11) is 0. The molecule has 0 saturated carbocycles. The van der Waals surface area contributed by atoms with Crippen LogP contribution < -0.4 is 11.1 Å². The predicted octanol–water partition coefficient (Wildman–Crippen LogP) is 2.17. The number of nitro groups is 1. The van der Waals surface area contributed by atoms with E-state index in [1.54, 1.807) is 0 Å². The first-order valence-electron chi connectivity index (χ1n) is 5.04. The molecule has 16 heavy (non-hydrogen) atoms. The molecule has 3 N–H and O–H groups in total. The molecular weight excluding hydrogens is 208 g/mol. The standard InChI is InChI=1S/C10H16N4O2/c1-4-10(2,3)13-9-6-7(14(15)16)5-8(11)12-9/h5-6H,4H2,1-3H3,(H3,11,12,13). The number of nitrogens with zero attached hydrogens (tertiary/aromatic N) is 2. The summed E-state index contributed by atoms with van der Waals surface area (Å²) in [6, 6.07) is 2.62. The lowest BCUT2D eigenvalue weighted by molar-refractivity contribution is -0.384. The molecule has 0 aliphatic heterocycles. The van der Waals surface area contributed by atoms with Crippen LogP contribution in [-0.4, -0.2) is 15.4 Å². The maximum atomic E-state index is 10.6. The van der Waals surface area contributed by atoms with Crippen molar-refractivity contribution in [1.82, 2.24) is 4.98 Å². The number of hydrogen-bond acceptors (Lipinski definition) is 5. The third kappa shape index (κ3) is 3.08. The molecule has 0 unspecified atom stereocenters. The summed E-state index contributed by atoms with van der Waals surface area (Å²) in [6.07, 6.45) is 0.872. The minimum Gasteiger partial charge on any atom is -0.383 e. The molecule has 1 aromatic rings. The summed E-state index contributed by atoms with van der Waals surface area (Å²) in [5, 5.41) is 13.7. The van der Waals surface area contributed by atoms with Gasteiger partial charge in [-0.15, -0.1) is 0 Å². The number of nitrogens with one attached hydrogen (secondary N) is 1. The van der Waals surface area contributed by atoms with E-state index in [1.807, 2.05) is 20.8 Å². The maximum absolute atomic E-state index is 10.6. The van der Waals surface area contributed by atoms with Crippen molar-refractivity contribution in [3.05, 3.63) is 22.2 Å². The molecule has 0 fully saturated rings. The lowest BCUT2D eigenvalue weighted by atomic mass is 10.0. The minimum absolute atomic E-state index is 0.0538. The van der Waals surface area contributed by atoms with E-state index < -0.39 is 4.92 Å². The van der Waals surface area contributed by atoms with Gasteiger partial charge in [0.25, 0.3) is 5.69 Å². The van der Waals surface area contributed by atoms with Crippen LogP contribution >= 0.6 is 0 Å². The van der Waals surface area contributed by atoms with Gasteiger partial charge in [0.2, 0.25) is 0 Å². The number of nitrogen functional groups attached to an aromatic ring is 1. The Labute approximate surface area is 94.0 Å². The number of anilines is 2. The monoisotopic (exact) mass is 224 g/mol. The van der Waals surface area contributed by atoms with Crippen molar-refractivity contribution in [2.24, 2.45) is 0 Å². The van der Waals surface area contributed by atoms with Crippen molar-refractivity contribution < 1.29 is 4.92 Å². The van der Waals surface area contributed by atoms with E-state index in [2.05, 4.69) is 10.3 Å². The van der Waals surface area contributed by atoms with Gasteiger partial charge in [0, 0.05) is 5.54 Å². The Morgan fingerprint density at radius 3 is 2.69 bits per heavy atom. The van der Waals surface area contributed by atoms with Crippen LogP contribution in [0.1, 0.15) is 27.2 Å². The van der Waals surface area contributed by atoms with Crippen molar-refractivity contribution in [2.45, 2.75) is 32.7 Å². The molecule has 6 heteroatoms. The van der Waals surface area contributed by atoms with Crippen LogP contribution in [0.4, 0.5) is 17.3 Å². The molecular formula is C10H16N4O2. The molecule has 1 aromatic heterocycles. The molecule has 88 valence electrons. The molecule has 1 heterocycles. The number of aromatic nitrogens is 1. The average molecular weight is 224 g/mol. The van der Waals surface area contributed by atoms with Crippen LogP contribution in [0, 0.1) is 10.1 Å². The lowest BCUT2D eigenvalue weighted by Gasteiger charge is -2.25. The van der Waals surface area contributed by atoms with Gasteiger partial charge in [0.15, 0.2) is 0 Å². The summed E-state index contributed by atoms with van der Waals surface area (Å²) in [5.41, 5.74) is 5.28. The first-order valence-corrected chi connectivity index (χ1v) is 5.04. The number of hydrogen-bond donors (Lipinski definition) is 2. The first-order chi connectivity index (χ1) is 7.34. The molecule has 0 bridgehead atoms. The van der Waals surface area contributed by atoms with Gasteiger partial charge in [0.05, 0.1) is 17.1 Å². The van der Waals surface area contributed by atoms with E-state index >= 15 is 0 Å². The largest absolute Gasteiger partial charge is 0.383 e. The number of rotatable bonds is 4. The zero-order chi connectivity index (χ0) is 12.3. The van der Waals surface area contributed by atoms with E-state index in [9.17, 15) is 10.1 Å². The van der Waals surface area contributed by atoms with Crippen molar-refractivity contribution in [1.29, 1.82) is 0 Å². The normalized spacial score (nSPS) is 11.2. The highest BCUT2D eigenvalue weighted by molar-refractivity contribution is 5.53. The summed E-state index contributed by atoms with van der Waals surface area (Å²) in [4.78, 5) is 14.2. The second-order valence-corrected chi connectivity index (χ2v) is 4.25. The van der Waals surface area contributed by atoms with Crippen LogP contribution in [0.2, 0.25) is 0 Å². The average Bonchev–Trinajstić information content (AvgIpc) is 2.16. The minimum atomic E-state index is -0.484. The van der Waals surface area contributed by atoms with Gasteiger partial charge in [-0.1, -0.05) is 6.92 Å². The molecule has 0 aliphatic rings. The SMILES string of the molecule is CCC(C)(C)Nc1cc([N+](=O)[O-])cc(N)n1.